The van der Waals surface area contributed by atoms with Gasteiger partial charge in [-0.25, -0.2) is 14.6 Å². The predicted octanol–water partition coefficient (Wildman–Crippen LogP) is 2.70. The molecular weight excluding hydrogens is 382 g/mol. The summed E-state index contributed by atoms with van der Waals surface area (Å²) in [4.78, 5) is 43.8. The maximum Gasteiger partial charge on any atom is 0.409 e. The monoisotopic (exact) mass is 403 g/mol. The second-order valence-electron chi connectivity index (χ2n) is 5.96. The highest BCUT2D eigenvalue weighted by atomic mass is 32.1. The normalized spacial score (nSPS) is 13.8. The lowest BCUT2D eigenvalue weighted by atomic mass is 10.3. The number of anilines is 2. The number of amides is 4. The Morgan fingerprint density at radius 2 is 1.75 bits per heavy atom. The number of nitrogens with zero attached hydrogens (tertiary/aromatic N) is 3. The zero-order chi connectivity index (χ0) is 19.9. The van der Waals surface area contributed by atoms with Gasteiger partial charge in [-0.15, -0.1) is 11.3 Å². The summed E-state index contributed by atoms with van der Waals surface area (Å²) in [5.41, 5.74) is 0.928. The molecule has 0 atom stereocenters. The summed E-state index contributed by atoms with van der Waals surface area (Å²) in [5.74, 6) is -0.226. The van der Waals surface area contributed by atoms with Crippen LogP contribution >= 0.6 is 11.3 Å². The summed E-state index contributed by atoms with van der Waals surface area (Å²) in [6.45, 7) is 3.73. The molecule has 1 aliphatic rings. The minimum absolute atomic E-state index is 0.226. The lowest BCUT2D eigenvalue weighted by Gasteiger charge is -2.33. The van der Waals surface area contributed by atoms with Crippen LogP contribution in [0.3, 0.4) is 0 Å². The fourth-order valence-corrected chi connectivity index (χ4v) is 3.36. The van der Waals surface area contributed by atoms with Gasteiger partial charge in [0.25, 0.3) is 5.91 Å². The van der Waals surface area contributed by atoms with E-state index in [1.54, 1.807) is 34.2 Å². The molecule has 1 aliphatic heterocycles. The molecular formula is C18H21N5O4S. The standard InChI is InChI=1S/C18H21N5O4S/c1-2-27-18(26)23-10-8-22(9-11-23)15(24)14-12-28-17(20-14)21-16(25)19-13-6-4-3-5-7-13/h3-7,12H,2,8-11H2,1H3,(H2,19,20,21,25). The smallest absolute Gasteiger partial charge is 0.409 e. The van der Waals surface area contributed by atoms with Crippen LogP contribution < -0.4 is 10.6 Å². The van der Waals surface area contributed by atoms with Crippen molar-refractivity contribution in [2.24, 2.45) is 0 Å². The molecule has 0 radical (unpaired) electrons. The van der Waals surface area contributed by atoms with Crippen LogP contribution in [-0.4, -0.2) is 65.6 Å². The van der Waals surface area contributed by atoms with Gasteiger partial charge in [-0.05, 0) is 19.1 Å². The number of carbonyl (C=O) groups is 3. The Kier molecular flexibility index (Phi) is 6.43. The molecule has 2 heterocycles. The molecule has 2 aromatic rings. The van der Waals surface area contributed by atoms with E-state index in [0.717, 1.165) is 0 Å². The molecule has 4 amide bonds. The molecule has 0 bridgehead atoms. The summed E-state index contributed by atoms with van der Waals surface area (Å²) < 4.78 is 4.97. The molecule has 1 aromatic heterocycles. The maximum absolute atomic E-state index is 12.6. The highest BCUT2D eigenvalue weighted by molar-refractivity contribution is 7.14. The van der Waals surface area contributed by atoms with Gasteiger partial charge in [0, 0.05) is 37.2 Å². The quantitative estimate of drug-likeness (QED) is 0.817. The Balaban J connectivity index is 1.51. The third-order valence-electron chi connectivity index (χ3n) is 4.07. The van der Waals surface area contributed by atoms with Crippen molar-refractivity contribution in [3.63, 3.8) is 0 Å². The van der Waals surface area contributed by atoms with E-state index in [1.807, 2.05) is 18.2 Å². The second kappa shape index (κ2) is 9.18. The molecule has 1 fully saturated rings. The zero-order valence-corrected chi connectivity index (χ0v) is 16.2. The average molecular weight is 403 g/mol. The SMILES string of the molecule is CCOC(=O)N1CCN(C(=O)c2csc(NC(=O)Nc3ccccc3)n2)CC1. The van der Waals surface area contributed by atoms with E-state index < -0.39 is 6.03 Å². The van der Waals surface area contributed by atoms with Crippen LogP contribution in [0.15, 0.2) is 35.7 Å². The summed E-state index contributed by atoms with van der Waals surface area (Å²) in [5, 5.41) is 7.26. The summed E-state index contributed by atoms with van der Waals surface area (Å²) >= 11 is 1.18. The first kappa shape index (κ1) is 19.6. The van der Waals surface area contributed by atoms with Gasteiger partial charge in [-0.2, -0.15) is 0 Å². The Morgan fingerprint density at radius 1 is 1.07 bits per heavy atom. The van der Waals surface area contributed by atoms with Crippen LogP contribution in [0.25, 0.3) is 0 Å². The number of para-hydroxylation sites is 1. The van der Waals surface area contributed by atoms with E-state index in [0.29, 0.717) is 43.6 Å². The molecule has 0 saturated carbocycles. The van der Waals surface area contributed by atoms with Crippen LogP contribution in [0.5, 0.6) is 0 Å². The van der Waals surface area contributed by atoms with E-state index in [4.69, 9.17) is 4.74 Å². The number of nitrogens with one attached hydrogen (secondary N) is 2. The average Bonchev–Trinajstić information content (AvgIpc) is 3.16. The molecule has 1 aromatic carbocycles. The highest BCUT2D eigenvalue weighted by Gasteiger charge is 2.26. The fraction of sp³-hybridized carbons (Fsp3) is 0.333. The van der Waals surface area contributed by atoms with Crippen LogP contribution in [0, 0.1) is 0 Å². The van der Waals surface area contributed by atoms with Gasteiger partial charge in [0.05, 0.1) is 6.61 Å². The van der Waals surface area contributed by atoms with Crippen molar-refractivity contribution in [3.8, 4) is 0 Å². The van der Waals surface area contributed by atoms with Gasteiger partial charge in [-0.3, -0.25) is 10.1 Å². The second-order valence-corrected chi connectivity index (χ2v) is 6.82. The number of piperazine rings is 1. The molecule has 1 saturated heterocycles. The van der Waals surface area contributed by atoms with E-state index in [2.05, 4.69) is 15.6 Å². The van der Waals surface area contributed by atoms with Crippen molar-refractivity contribution in [1.29, 1.82) is 0 Å². The number of rotatable bonds is 4. The molecule has 2 N–H and O–H groups in total. The number of ether oxygens (including phenoxy) is 1. The maximum atomic E-state index is 12.6. The van der Waals surface area contributed by atoms with Crippen molar-refractivity contribution in [2.75, 3.05) is 43.4 Å². The number of urea groups is 1. The largest absolute Gasteiger partial charge is 0.450 e. The minimum atomic E-state index is -0.428. The molecule has 0 unspecified atom stereocenters. The van der Waals surface area contributed by atoms with E-state index >= 15 is 0 Å². The van der Waals surface area contributed by atoms with Crippen molar-refractivity contribution < 1.29 is 19.1 Å². The zero-order valence-electron chi connectivity index (χ0n) is 15.4. The lowest BCUT2D eigenvalue weighted by Crippen LogP contribution is -2.50. The number of hydrogen-bond acceptors (Lipinski definition) is 6. The third-order valence-corrected chi connectivity index (χ3v) is 4.83. The number of thiazole rings is 1. The van der Waals surface area contributed by atoms with Gasteiger partial charge in [0.15, 0.2) is 5.13 Å². The first-order valence-electron chi connectivity index (χ1n) is 8.86. The molecule has 28 heavy (non-hydrogen) atoms. The molecule has 3 rings (SSSR count). The number of carbonyl (C=O) groups excluding carboxylic acids is 3. The van der Waals surface area contributed by atoms with Crippen molar-refractivity contribution in [1.82, 2.24) is 14.8 Å². The molecule has 0 aliphatic carbocycles. The van der Waals surface area contributed by atoms with E-state index in [1.165, 1.54) is 11.3 Å². The molecule has 9 nitrogen and oxygen atoms in total. The Labute approximate surface area is 166 Å². The van der Waals surface area contributed by atoms with Gasteiger partial charge in [0.1, 0.15) is 5.69 Å². The lowest BCUT2D eigenvalue weighted by molar-refractivity contribution is 0.0566. The minimum Gasteiger partial charge on any atom is -0.450 e. The first-order valence-corrected chi connectivity index (χ1v) is 9.74. The summed E-state index contributed by atoms with van der Waals surface area (Å²) in [7, 11) is 0. The predicted molar refractivity (Wildman–Crippen MR) is 106 cm³/mol. The first-order chi connectivity index (χ1) is 13.6. The van der Waals surface area contributed by atoms with Crippen LogP contribution in [0.4, 0.5) is 20.4 Å². The van der Waals surface area contributed by atoms with Gasteiger partial charge in [0.2, 0.25) is 0 Å². The van der Waals surface area contributed by atoms with Gasteiger partial charge < -0.3 is 19.9 Å². The van der Waals surface area contributed by atoms with Crippen LogP contribution in [0.2, 0.25) is 0 Å². The number of benzene rings is 1. The van der Waals surface area contributed by atoms with Gasteiger partial charge >= 0.3 is 12.1 Å². The Bertz CT molecular complexity index is 834. The molecule has 0 spiro atoms. The Hall–Kier alpha value is -3.14. The van der Waals surface area contributed by atoms with Crippen molar-refractivity contribution >= 4 is 40.2 Å². The Morgan fingerprint density at radius 3 is 2.43 bits per heavy atom. The van der Waals surface area contributed by atoms with Crippen LogP contribution in [0.1, 0.15) is 17.4 Å². The van der Waals surface area contributed by atoms with E-state index in [9.17, 15) is 14.4 Å². The van der Waals surface area contributed by atoms with E-state index in [-0.39, 0.29) is 17.7 Å². The van der Waals surface area contributed by atoms with Crippen molar-refractivity contribution in [3.05, 3.63) is 41.4 Å². The number of aromatic nitrogens is 1. The molecule has 148 valence electrons. The highest BCUT2D eigenvalue weighted by Crippen LogP contribution is 2.18. The fourth-order valence-electron chi connectivity index (χ4n) is 2.68. The topological polar surface area (TPSA) is 104 Å². The third kappa shape index (κ3) is 4.97. The summed E-state index contributed by atoms with van der Waals surface area (Å²) in [6, 6.07) is 8.60. The number of hydrogen-bond donors (Lipinski definition) is 2. The summed E-state index contributed by atoms with van der Waals surface area (Å²) in [6.07, 6.45) is -0.362. The van der Waals surface area contributed by atoms with Gasteiger partial charge in [-0.1, -0.05) is 18.2 Å². The van der Waals surface area contributed by atoms with Crippen molar-refractivity contribution in [2.45, 2.75) is 6.92 Å². The van der Waals surface area contributed by atoms with Crippen LogP contribution in [-0.2, 0) is 4.74 Å². The molecule has 10 heteroatoms.